The Morgan fingerprint density at radius 3 is 2.85 bits per heavy atom. The van der Waals surface area contributed by atoms with Crippen LogP contribution in [0.25, 0.3) is 0 Å². The molecule has 1 aliphatic carbocycles. The summed E-state index contributed by atoms with van der Waals surface area (Å²) in [6, 6.07) is 10.6. The third-order valence-corrected chi connectivity index (χ3v) is 3.63. The molecule has 0 spiro atoms. The molecule has 0 aliphatic heterocycles. The minimum Gasteiger partial charge on any atom is -0.469 e. The van der Waals surface area contributed by atoms with Crippen molar-refractivity contribution in [3.05, 3.63) is 59.0 Å². The van der Waals surface area contributed by atoms with Crippen LogP contribution < -0.4 is 5.32 Å². The molecule has 1 unspecified atom stereocenters. The highest BCUT2D eigenvalue weighted by molar-refractivity contribution is 5.94. The fourth-order valence-electron chi connectivity index (χ4n) is 2.57. The zero-order chi connectivity index (χ0) is 13.9. The molecule has 0 fully saturated rings. The van der Waals surface area contributed by atoms with Crippen molar-refractivity contribution >= 4 is 5.91 Å². The summed E-state index contributed by atoms with van der Waals surface area (Å²) in [7, 11) is 0. The van der Waals surface area contributed by atoms with Gasteiger partial charge in [0.05, 0.1) is 23.9 Å². The molecule has 3 rings (SSSR count). The number of hydrogen-bond acceptors (Lipinski definition) is 3. The average molecular weight is 266 g/mol. The second-order valence-electron chi connectivity index (χ2n) is 4.91. The Morgan fingerprint density at radius 1 is 1.30 bits per heavy atom. The first kappa shape index (κ1) is 12.5. The molecule has 1 aromatic carbocycles. The van der Waals surface area contributed by atoms with Crippen LogP contribution in [0.5, 0.6) is 0 Å². The van der Waals surface area contributed by atoms with Gasteiger partial charge in [-0.05, 0) is 43.2 Å². The van der Waals surface area contributed by atoms with Gasteiger partial charge in [0.15, 0.2) is 0 Å². The smallest absolute Gasteiger partial charge is 0.251 e. The number of nitriles is 1. The Hall–Kier alpha value is -2.54. The van der Waals surface area contributed by atoms with E-state index in [0.717, 1.165) is 30.6 Å². The van der Waals surface area contributed by atoms with E-state index in [0.29, 0.717) is 11.1 Å². The average Bonchev–Trinajstić information content (AvgIpc) is 2.97. The number of nitrogens with zero attached hydrogens (tertiary/aromatic N) is 1. The van der Waals surface area contributed by atoms with Crippen molar-refractivity contribution in [3.8, 4) is 6.07 Å². The number of nitrogens with one attached hydrogen (secondary N) is 1. The number of furan rings is 1. The molecule has 100 valence electrons. The number of fused-ring (bicyclic) bond motifs is 1. The minimum absolute atomic E-state index is 0.0145. The lowest BCUT2D eigenvalue weighted by atomic mass is 9.93. The van der Waals surface area contributed by atoms with Crippen molar-refractivity contribution in [2.75, 3.05) is 0 Å². The van der Waals surface area contributed by atoms with Gasteiger partial charge >= 0.3 is 0 Å². The molecule has 1 aliphatic rings. The summed E-state index contributed by atoms with van der Waals surface area (Å²) in [5, 5.41) is 11.8. The van der Waals surface area contributed by atoms with E-state index in [1.807, 2.05) is 12.1 Å². The van der Waals surface area contributed by atoms with Crippen LogP contribution in [0.2, 0.25) is 0 Å². The number of benzene rings is 1. The van der Waals surface area contributed by atoms with Crippen LogP contribution in [0.15, 0.2) is 41.0 Å². The van der Waals surface area contributed by atoms with Crippen LogP contribution in [0.3, 0.4) is 0 Å². The van der Waals surface area contributed by atoms with E-state index in [2.05, 4.69) is 5.32 Å². The molecule has 1 heterocycles. The maximum Gasteiger partial charge on any atom is 0.251 e. The monoisotopic (exact) mass is 266 g/mol. The van der Waals surface area contributed by atoms with E-state index in [1.54, 1.807) is 30.5 Å². The van der Waals surface area contributed by atoms with Gasteiger partial charge in [0.25, 0.3) is 5.91 Å². The summed E-state index contributed by atoms with van der Waals surface area (Å²) in [5.41, 5.74) is 2.20. The molecule has 2 aromatic rings. The summed E-state index contributed by atoms with van der Waals surface area (Å²) >= 11 is 0. The number of aryl methyl sites for hydroxylation is 1. The highest BCUT2D eigenvalue weighted by atomic mass is 16.3. The van der Waals surface area contributed by atoms with E-state index in [9.17, 15) is 4.79 Å². The fraction of sp³-hybridized carbons (Fsp3) is 0.250. The van der Waals surface area contributed by atoms with Crippen LogP contribution in [-0.4, -0.2) is 5.91 Å². The molecule has 20 heavy (non-hydrogen) atoms. The van der Waals surface area contributed by atoms with Crippen molar-refractivity contribution in [2.45, 2.75) is 25.3 Å². The van der Waals surface area contributed by atoms with E-state index in [-0.39, 0.29) is 11.9 Å². The van der Waals surface area contributed by atoms with Crippen molar-refractivity contribution in [1.82, 2.24) is 5.32 Å². The Morgan fingerprint density at radius 2 is 2.10 bits per heavy atom. The first-order valence-electron chi connectivity index (χ1n) is 6.65. The molecule has 1 amide bonds. The van der Waals surface area contributed by atoms with Crippen molar-refractivity contribution in [1.29, 1.82) is 5.26 Å². The van der Waals surface area contributed by atoms with Gasteiger partial charge < -0.3 is 9.73 Å². The van der Waals surface area contributed by atoms with Gasteiger partial charge in [-0.2, -0.15) is 5.26 Å². The quantitative estimate of drug-likeness (QED) is 0.908. The standard InChI is InChI=1S/C16H14N2O2/c17-10-11-4-6-12(7-5-11)16(19)18-14-2-1-3-15-13(14)8-9-20-15/h4-9,14H,1-3H2,(H,18,19). The number of amides is 1. The predicted octanol–water partition coefficient (Wildman–Crippen LogP) is 2.96. The summed E-state index contributed by atoms with van der Waals surface area (Å²) < 4.78 is 5.42. The molecule has 1 aromatic heterocycles. The highest BCUT2D eigenvalue weighted by Crippen LogP contribution is 2.30. The van der Waals surface area contributed by atoms with Crippen LogP contribution in [0.1, 0.15) is 46.1 Å². The first-order valence-corrected chi connectivity index (χ1v) is 6.65. The zero-order valence-corrected chi connectivity index (χ0v) is 10.9. The molecule has 0 saturated heterocycles. The van der Waals surface area contributed by atoms with Crippen molar-refractivity contribution in [3.63, 3.8) is 0 Å². The Balaban J connectivity index is 1.75. The Bertz CT molecular complexity index is 665. The third kappa shape index (κ3) is 2.30. The van der Waals surface area contributed by atoms with E-state index < -0.39 is 0 Å². The number of carbonyl (C=O) groups excluding carboxylic acids is 1. The second kappa shape index (κ2) is 5.22. The number of rotatable bonds is 2. The fourth-order valence-corrected chi connectivity index (χ4v) is 2.57. The van der Waals surface area contributed by atoms with Gasteiger partial charge in [0.1, 0.15) is 5.76 Å². The van der Waals surface area contributed by atoms with E-state index in [1.165, 1.54) is 0 Å². The highest BCUT2D eigenvalue weighted by Gasteiger charge is 2.24. The molecule has 1 atom stereocenters. The lowest BCUT2D eigenvalue weighted by Gasteiger charge is -2.22. The summed E-state index contributed by atoms with van der Waals surface area (Å²) in [6.45, 7) is 0. The van der Waals surface area contributed by atoms with Crippen LogP contribution in [0.4, 0.5) is 0 Å². The first-order chi connectivity index (χ1) is 9.78. The van der Waals surface area contributed by atoms with Crippen molar-refractivity contribution in [2.24, 2.45) is 0 Å². The molecule has 0 bridgehead atoms. The van der Waals surface area contributed by atoms with Gasteiger partial charge in [0.2, 0.25) is 0 Å². The third-order valence-electron chi connectivity index (χ3n) is 3.63. The molecule has 0 radical (unpaired) electrons. The summed E-state index contributed by atoms with van der Waals surface area (Å²) in [5.74, 6) is 0.856. The summed E-state index contributed by atoms with van der Waals surface area (Å²) in [6.07, 6.45) is 4.55. The van der Waals surface area contributed by atoms with Crippen LogP contribution >= 0.6 is 0 Å². The Kier molecular flexibility index (Phi) is 3.26. The normalized spacial score (nSPS) is 17.1. The molecule has 4 nitrogen and oxygen atoms in total. The van der Waals surface area contributed by atoms with Crippen LogP contribution in [0, 0.1) is 11.3 Å². The van der Waals surface area contributed by atoms with Crippen LogP contribution in [-0.2, 0) is 6.42 Å². The maximum atomic E-state index is 12.2. The van der Waals surface area contributed by atoms with Gasteiger partial charge in [-0.1, -0.05) is 0 Å². The maximum absolute atomic E-state index is 12.2. The molecule has 1 N–H and O–H groups in total. The molecule has 0 saturated carbocycles. The minimum atomic E-state index is -0.117. The zero-order valence-electron chi connectivity index (χ0n) is 10.9. The lowest BCUT2D eigenvalue weighted by Crippen LogP contribution is -2.30. The van der Waals surface area contributed by atoms with Gasteiger partial charge in [-0.25, -0.2) is 0 Å². The number of carbonyl (C=O) groups is 1. The lowest BCUT2D eigenvalue weighted by molar-refractivity contribution is 0.0932. The topological polar surface area (TPSA) is 66.0 Å². The largest absolute Gasteiger partial charge is 0.469 e. The van der Waals surface area contributed by atoms with Gasteiger partial charge in [-0.3, -0.25) is 4.79 Å². The summed E-state index contributed by atoms with van der Waals surface area (Å²) in [4.78, 5) is 12.2. The molecular weight excluding hydrogens is 252 g/mol. The van der Waals surface area contributed by atoms with E-state index >= 15 is 0 Å². The second-order valence-corrected chi connectivity index (χ2v) is 4.91. The predicted molar refractivity (Wildman–Crippen MR) is 73.0 cm³/mol. The number of hydrogen-bond donors (Lipinski definition) is 1. The van der Waals surface area contributed by atoms with Crippen molar-refractivity contribution < 1.29 is 9.21 Å². The van der Waals surface area contributed by atoms with Gasteiger partial charge in [-0.15, -0.1) is 0 Å². The Labute approximate surface area is 117 Å². The van der Waals surface area contributed by atoms with Gasteiger partial charge in [0, 0.05) is 17.5 Å². The molecule has 4 heteroatoms. The molecular formula is C16H14N2O2. The van der Waals surface area contributed by atoms with E-state index in [4.69, 9.17) is 9.68 Å². The SMILES string of the molecule is N#Cc1ccc(C(=O)NC2CCCc3occc32)cc1.